The molecule has 1 aromatic heterocycles. The summed E-state index contributed by atoms with van der Waals surface area (Å²) < 4.78 is 0. The van der Waals surface area contributed by atoms with Gasteiger partial charge in [-0.25, -0.2) is 4.98 Å². The highest BCUT2D eigenvalue weighted by molar-refractivity contribution is 5.91. The summed E-state index contributed by atoms with van der Waals surface area (Å²) in [6.45, 7) is 2.77. The first-order valence-corrected chi connectivity index (χ1v) is 10.4. The standard InChI is InChI=1S/C21H30N4O3/c1-15-7-5-11-18(23-15)24-19(26)12-13-22-20(27)17-10-6-14-25(17)21(28)16-8-3-2-4-9-16/h5,7,11,16-17H,2-4,6,8-10,12-14H2,1H3,(H,22,27)(H,23,24,26). The molecule has 0 radical (unpaired) electrons. The van der Waals surface area contributed by atoms with Crippen LogP contribution in [0.5, 0.6) is 0 Å². The number of carbonyl (C=O) groups is 3. The second-order valence-corrected chi connectivity index (χ2v) is 7.78. The molecule has 2 heterocycles. The summed E-state index contributed by atoms with van der Waals surface area (Å²) in [7, 11) is 0. The largest absolute Gasteiger partial charge is 0.354 e. The average Bonchev–Trinajstić information content (AvgIpc) is 3.18. The molecule has 1 aromatic rings. The maximum Gasteiger partial charge on any atom is 0.242 e. The Labute approximate surface area is 166 Å². The third-order valence-corrected chi connectivity index (χ3v) is 5.60. The summed E-state index contributed by atoms with van der Waals surface area (Å²) >= 11 is 0. The summed E-state index contributed by atoms with van der Waals surface area (Å²) in [6.07, 6.45) is 7.02. The molecular formula is C21H30N4O3. The molecule has 7 heteroatoms. The number of hydrogen-bond acceptors (Lipinski definition) is 4. The number of hydrogen-bond donors (Lipinski definition) is 2. The Kier molecular flexibility index (Phi) is 7.01. The van der Waals surface area contributed by atoms with E-state index in [4.69, 9.17) is 0 Å². The maximum absolute atomic E-state index is 12.8. The van der Waals surface area contributed by atoms with Crippen molar-refractivity contribution < 1.29 is 14.4 Å². The number of nitrogens with zero attached hydrogens (tertiary/aromatic N) is 2. The van der Waals surface area contributed by atoms with E-state index in [1.54, 1.807) is 11.0 Å². The molecule has 1 atom stereocenters. The van der Waals surface area contributed by atoms with E-state index in [2.05, 4.69) is 15.6 Å². The van der Waals surface area contributed by atoms with Gasteiger partial charge >= 0.3 is 0 Å². The molecule has 0 spiro atoms. The zero-order valence-electron chi connectivity index (χ0n) is 16.6. The van der Waals surface area contributed by atoms with Crippen LogP contribution < -0.4 is 10.6 Å². The van der Waals surface area contributed by atoms with Gasteiger partial charge in [0.2, 0.25) is 17.7 Å². The fourth-order valence-corrected chi connectivity index (χ4v) is 4.12. The van der Waals surface area contributed by atoms with Crippen molar-refractivity contribution in [2.24, 2.45) is 5.92 Å². The van der Waals surface area contributed by atoms with Crippen LogP contribution in [0.4, 0.5) is 5.82 Å². The Hall–Kier alpha value is -2.44. The quantitative estimate of drug-likeness (QED) is 0.785. The van der Waals surface area contributed by atoms with Crippen molar-refractivity contribution in [2.75, 3.05) is 18.4 Å². The molecule has 1 aliphatic heterocycles. The van der Waals surface area contributed by atoms with Crippen LogP contribution in [-0.4, -0.2) is 46.7 Å². The first-order valence-electron chi connectivity index (χ1n) is 10.4. The van der Waals surface area contributed by atoms with Crippen LogP contribution in [0.3, 0.4) is 0 Å². The smallest absolute Gasteiger partial charge is 0.242 e. The first-order chi connectivity index (χ1) is 13.5. The van der Waals surface area contributed by atoms with Gasteiger partial charge in [0.15, 0.2) is 0 Å². The summed E-state index contributed by atoms with van der Waals surface area (Å²) in [6, 6.07) is 5.03. The van der Waals surface area contributed by atoms with E-state index < -0.39 is 6.04 Å². The molecule has 28 heavy (non-hydrogen) atoms. The molecule has 2 aliphatic rings. The molecule has 1 aliphatic carbocycles. The zero-order valence-corrected chi connectivity index (χ0v) is 16.6. The lowest BCUT2D eigenvalue weighted by Gasteiger charge is -2.30. The number of amides is 3. The molecule has 7 nitrogen and oxygen atoms in total. The molecule has 3 amide bonds. The zero-order chi connectivity index (χ0) is 19.9. The van der Waals surface area contributed by atoms with Gasteiger partial charge < -0.3 is 15.5 Å². The van der Waals surface area contributed by atoms with Crippen LogP contribution >= 0.6 is 0 Å². The van der Waals surface area contributed by atoms with Crippen molar-refractivity contribution in [1.82, 2.24) is 15.2 Å². The van der Waals surface area contributed by atoms with E-state index in [-0.39, 0.29) is 36.6 Å². The summed E-state index contributed by atoms with van der Waals surface area (Å²) in [5, 5.41) is 5.56. The van der Waals surface area contributed by atoms with Crippen LogP contribution in [0.1, 0.15) is 57.1 Å². The maximum atomic E-state index is 12.8. The van der Waals surface area contributed by atoms with E-state index >= 15 is 0 Å². The highest BCUT2D eigenvalue weighted by Crippen LogP contribution is 2.28. The lowest BCUT2D eigenvalue weighted by atomic mass is 9.88. The topological polar surface area (TPSA) is 91.4 Å². The second kappa shape index (κ2) is 9.66. The fourth-order valence-electron chi connectivity index (χ4n) is 4.12. The van der Waals surface area contributed by atoms with Gasteiger partial charge in [0.1, 0.15) is 11.9 Å². The molecule has 1 unspecified atom stereocenters. The highest BCUT2D eigenvalue weighted by atomic mass is 16.2. The molecule has 0 aromatic carbocycles. The molecule has 2 N–H and O–H groups in total. The van der Waals surface area contributed by atoms with Crippen molar-refractivity contribution in [2.45, 2.75) is 64.3 Å². The Morgan fingerprint density at radius 2 is 1.89 bits per heavy atom. The third kappa shape index (κ3) is 5.30. The molecular weight excluding hydrogens is 356 g/mol. The van der Waals surface area contributed by atoms with Gasteiger partial charge in [0.25, 0.3) is 0 Å². The summed E-state index contributed by atoms with van der Waals surface area (Å²) in [5.41, 5.74) is 0.829. The highest BCUT2D eigenvalue weighted by Gasteiger charge is 2.37. The van der Waals surface area contributed by atoms with E-state index in [9.17, 15) is 14.4 Å². The number of carbonyl (C=O) groups excluding carboxylic acids is 3. The number of aryl methyl sites for hydroxylation is 1. The Morgan fingerprint density at radius 1 is 1.11 bits per heavy atom. The Balaban J connectivity index is 1.44. The van der Waals surface area contributed by atoms with E-state index in [0.29, 0.717) is 18.8 Å². The molecule has 3 rings (SSSR count). The van der Waals surface area contributed by atoms with Crippen LogP contribution in [0, 0.1) is 12.8 Å². The Morgan fingerprint density at radius 3 is 2.64 bits per heavy atom. The second-order valence-electron chi connectivity index (χ2n) is 7.78. The monoisotopic (exact) mass is 386 g/mol. The van der Waals surface area contributed by atoms with E-state index in [1.807, 2.05) is 19.1 Å². The van der Waals surface area contributed by atoms with E-state index in [0.717, 1.165) is 37.8 Å². The van der Waals surface area contributed by atoms with Gasteiger partial charge in [0.05, 0.1) is 0 Å². The van der Waals surface area contributed by atoms with Crippen molar-refractivity contribution >= 4 is 23.5 Å². The van der Waals surface area contributed by atoms with Crippen LogP contribution in [0.2, 0.25) is 0 Å². The minimum Gasteiger partial charge on any atom is -0.354 e. The first kappa shape index (κ1) is 20.3. The number of pyridine rings is 1. The van der Waals surface area contributed by atoms with Gasteiger partial charge in [-0.1, -0.05) is 25.3 Å². The lowest BCUT2D eigenvalue weighted by Crippen LogP contribution is -2.48. The Bertz CT molecular complexity index is 715. The van der Waals surface area contributed by atoms with Crippen LogP contribution in [0.15, 0.2) is 18.2 Å². The lowest BCUT2D eigenvalue weighted by molar-refractivity contribution is -0.142. The van der Waals surface area contributed by atoms with Gasteiger partial charge in [-0.3, -0.25) is 14.4 Å². The SMILES string of the molecule is Cc1cccc(NC(=O)CCNC(=O)C2CCCN2C(=O)C2CCCCC2)n1. The molecule has 2 fully saturated rings. The van der Waals surface area contributed by atoms with Gasteiger partial charge in [-0.2, -0.15) is 0 Å². The minimum absolute atomic E-state index is 0.0785. The fraction of sp³-hybridized carbons (Fsp3) is 0.619. The van der Waals surface area contributed by atoms with Gasteiger partial charge in [-0.15, -0.1) is 0 Å². The van der Waals surface area contributed by atoms with Crippen molar-refractivity contribution in [3.63, 3.8) is 0 Å². The van der Waals surface area contributed by atoms with Crippen LogP contribution in [0.25, 0.3) is 0 Å². The predicted octanol–water partition coefficient (Wildman–Crippen LogP) is 2.41. The number of likely N-dealkylation sites (tertiary alicyclic amines) is 1. The molecule has 1 saturated heterocycles. The summed E-state index contributed by atoms with van der Waals surface area (Å²) in [4.78, 5) is 43.4. The molecule has 0 bridgehead atoms. The van der Waals surface area contributed by atoms with Crippen LogP contribution in [-0.2, 0) is 14.4 Å². The molecule has 152 valence electrons. The third-order valence-electron chi connectivity index (χ3n) is 5.60. The summed E-state index contributed by atoms with van der Waals surface area (Å²) in [5.74, 6) is 0.384. The minimum atomic E-state index is -0.393. The van der Waals surface area contributed by atoms with E-state index in [1.165, 1.54) is 6.42 Å². The normalized spacial score (nSPS) is 20.0. The predicted molar refractivity (Wildman–Crippen MR) is 107 cm³/mol. The number of nitrogens with one attached hydrogen (secondary N) is 2. The number of rotatable bonds is 6. The number of aromatic nitrogens is 1. The molecule has 1 saturated carbocycles. The van der Waals surface area contributed by atoms with Crippen molar-refractivity contribution in [3.8, 4) is 0 Å². The van der Waals surface area contributed by atoms with Gasteiger partial charge in [-0.05, 0) is 44.7 Å². The number of anilines is 1. The van der Waals surface area contributed by atoms with Crippen molar-refractivity contribution in [3.05, 3.63) is 23.9 Å². The van der Waals surface area contributed by atoms with Crippen molar-refractivity contribution in [1.29, 1.82) is 0 Å². The van der Waals surface area contributed by atoms with Gasteiger partial charge in [0, 0.05) is 31.1 Å². The average molecular weight is 386 g/mol.